The molecule has 0 N–H and O–H groups in total. The summed E-state index contributed by atoms with van der Waals surface area (Å²) in [6.07, 6.45) is 0.999. The molecule has 0 spiro atoms. The third kappa shape index (κ3) is 4.59. The molecule has 2 aromatic heterocycles. The molecule has 1 amide bonds. The molecule has 0 bridgehead atoms. The molecule has 0 aliphatic carbocycles. The van der Waals surface area contributed by atoms with Crippen molar-refractivity contribution in [2.45, 2.75) is 23.6 Å². The predicted octanol–water partition coefficient (Wildman–Crippen LogP) is 4.99. The Bertz CT molecular complexity index is 1310. The maximum Gasteiger partial charge on any atom is 0.252 e. The number of anilines is 1. The Morgan fingerprint density at radius 3 is 2.42 bits per heavy atom. The third-order valence-electron chi connectivity index (χ3n) is 5.86. The van der Waals surface area contributed by atoms with Gasteiger partial charge >= 0.3 is 0 Å². The van der Waals surface area contributed by atoms with Gasteiger partial charge in [0, 0.05) is 19.0 Å². The van der Waals surface area contributed by atoms with E-state index in [0.717, 1.165) is 15.8 Å². The summed E-state index contributed by atoms with van der Waals surface area (Å²) in [6, 6.07) is 21.1. The third-order valence-corrected chi connectivity index (χ3v) is 10.2. The highest BCUT2D eigenvalue weighted by Gasteiger charge is 2.35. The molecule has 3 heterocycles. The number of thiazole rings is 1. The average molecular weight is 498 g/mol. The number of nitrogens with zero attached hydrogens (tertiary/aromatic N) is 3. The van der Waals surface area contributed by atoms with Crippen LogP contribution < -0.4 is 4.90 Å². The van der Waals surface area contributed by atoms with Gasteiger partial charge in [-0.25, -0.2) is 13.4 Å². The number of aromatic nitrogens is 1. The van der Waals surface area contributed by atoms with Crippen LogP contribution in [-0.2, 0) is 21.4 Å². The van der Waals surface area contributed by atoms with Gasteiger partial charge in [0.1, 0.15) is 4.21 Å². The Labute approximate surface area is 201 Å². The van der Waals surface area contributed by atoms with Crippen LogP contribution >= 0.6 is 22.7 Å². The van der Waals surface area contributed by atoms with Gasteiger partial charge in [-0.3, -0.25) is 9.69 Å². The number of sulfonamides is 1. The smallest absolute Gasteiger partial charge is 0.252 e. The van der Waals surface area contributed by atoms with Crippen molar-refractivity contribution in [2.24, 2.45) is 5.92 Å². The average Bonchev–Trinajstić information content (AvgIpc) is 3.53. The lowest BCUT2D eigenvalue weighted by atomic mass is 9.96. The number of benzene rings is 2. The van der Waals surface area contributed by atoms with E-state index < -0.39 is 10.0 Å². The molecule has 9 heteroatoms. The monoisotopic (exact) mass is 497 g/mol. The Balaban J connectivity index is 1.37. The van der Waals surface area contributed by atoms with Crippen molar-refractivity contribution in [3.8, 4) is 0 Å². The van der Waals surface area contributed by atoms with Crippen molar-refractivity contribution >= 4 is 54.0 Å². The second kappa shape index (κ2) is 9.34. The topological polar surface area (TPSA) is 70.6 Å². The molecular weight excluding hydrogens is 474 g/mol. The van der Waals surface area contributed by atoms with Crippen LogP contribution in [0.15, 0.2) is 76.3 Å². The second-order valence-corrected chi connectivity index (χ2v) is 12.1. The van der Waals surface area contributed by atoms with Crippen molar-refractivity contribution in [3.05, 3.63) is 77.7 Å². The number of piperidine rings is 1. The SMILES string of the molecule is O=C(C1CCN(S(=O)(=O)c2cccs2)CC1)N(Cc1ccccc1)c1nc2ccccc2s1. The first-order chi connectivity index (χ1) is 16.0. The molecule has 0 saturated carbocycles. The van der Waals surface area contributed by atoms with E-state index in [9.17, 15) is 13.2 Å². The zero-order valence-electron chi connectivity index (χ0n) is 17.8. The summed E-state index contributed by atoms with van der Waals surface area (Å²) >= 11 is 2.73. The molecule has 170 valence electrons. The molecule has 1 aliphatic heterocycles. The summed E-state index contributed by atoms with van der Waals surface area (Å²) in [5.74, 6) is -0.235. The number of amides is 1. The number of carbonyl (C=O) groups is 1. The van der Waals surface area contributed by atoms with E-state index in [0.29, 0.717) is 41.8 Å². The van der Waals surface area contributed by atoms with Crippen LogP contribution in [0.3, 0.4) is 0 Å². The van der Waals surface area contributed by atoms with Gasteiger partial charge in [0.05, 0.1) is 16.8 Å². The molecule has 1 fully saturated rings. The highest BCUT2D eigenvalue weighted by atomic mass is 32.2. The minimum atomic E-state index is -3.49. The van der Waals surface area contributed by atoms with E-state index in [1.807, 2.05) is 54.6 Å². The van der Waals surface area contributed by atoms with Gasteiger partial charge in [0.2, 0.25) is 5.91 Å². The quantitative estimate of drug-likeness (QED) is 0.376. The van der Waals surface area contributed by atoms with Gasteiger partial charge in [-0.1, -0.05) is 59.9 Å². The van der Waals surface area contributed by atoms with Crippen molar-refractivity contribution in [2.75, 3.05) is 18.0 Å². The number of rotatable bonds is 6. The van der Waals surface area contributed by atoms with E-state index in [4.69, 9.17) is 4.98 Å². The maximum atomic E-state index is 13.7. The minimum Gasteiger partial charge on any atom is -0.283 e. The Morgan fingerprint density at radius 1 is 1.00 bits per heavy atom. The first-order valence-corrected chi connectivity index (χ1v) is 13.9. The van der Waals surface area contributed by atoms with E-state index >= 15 is 0 Å². The minimum absolute atomic E-state index is 0.00563. The Kier molecular flexibility index (Phi) is 6.29. The number of hydrogen-bond acceptors (Lipinski definition) is 6. The van der Waals surface area contributed by atoms with Crippen molar-refractivity contribution in [3.63, 3.8) is 0 Å². The molecule has 2 aromatic carbocycles. The van der Waals surface area contributed by atoms with E-state index in [1.165, 1.54) is 27.0 Å². The highest BCUT2D eigenvalue weighted by molar-refractivity contribution is 7.91. The summed E-state index contributed by atoms with van der Waals surface area (Å²) in [6.45, 7) is 1.12. The van der Waals surface area contributed by atoms with E-state index in [-0.39, 0.29) is 11.8 Å². The summed E-state index contributed by atoms with van der Waals surface area (Å²) in [7, 11) is -3.49. The molecule has 33 heavy (non-hydrogen) atoms. The van der Waals surface area contributed by atoms with Gasteiger partial charge < -0.3 is 0 Å². The fourth-order valence-corrected chi connectivity index (χ4v) is 7.67. The summed E-state index contributed by atoms with van der Waals surface area (Å²) in [5, 5.41) is 2.45. The van der Waals surface area contributed by atoms with Gasteiger partial charge in [-0.05, 0) is 42.0 Å². The summed E-state index contributed by atoms with van der Waals surface area (Å²) in [4.78, 5) is 20.2. The molecule has 5 rings (SSSR count). The lowest BCUT2D eigenvalue weighted by molar-refractivity contribution is -0.123. The number of carbonyl (C=O) groups excluding carboxylic acids is 1. The molecular formula is C24H23N3O3S3. The highest BCUT2D eigenvalue weighted by Crippen LogP contribution is 2.33. The second-order valence-electron chi connectivity index (χ2n) is 7.98. The molecule has 1 aliphatic rings. The molecule has 0 unspecified atom stereocenters. The van der Waals surface area contributed by atoms with Crippen LogP contribution in [0.5, 0.6) is 0 Å². The van der Waals surface area contributed by atoms with Crippen LogP contribution in [0.25, 0.3) is 10.2 Å². The fraction of sp³-hybridized carbons (Fsp3) is 0.250. The van der Waals surface area contributed by atoms with Crippen molar-refractivity contribution < 1.29 is 13.2 Å². The lowest BCUT2D eigenvalue weighted by Crippen LogP contribution is -2.44. The van der Waals surface area contributed by atoms with E-state index in [1.54, 1.807) is 22.4 Å². The van der Waals surface area contributed by atoms with Crippen LogP contribution in [-0.4, -0.2) is 36.7 Å². The van der Waals surface area contributed by atoms with Crippen molar-refractivity contribution in [1.82, 2.24) is 9.29 Å². The largest absolute Gasteiger partial charge is 0.283 e. The fourth-order valence-electron chi connectivity index (χ4n) is 4.08. The standard InChI is InChI=1S/C24H23N3O3S3/c28-23(19-12-14-26(15-13-19)33(29,30)22-11-6-16-31-22)27(17-18-7-2-1-3-8-18)24-25-20-9-4-5-10-21(20)32-24/h1-11,16,19H,12-15,17H2. The summed E-state index contributed by atoms with van der Waals surface area (Å²) < 4.78 is 28.6. The van der Waals surface area contributed by atoms with E-state index in [2.05, 4.69) is 0 Å². The zero-order chi connectivity index (χ0) is 22.8. The van der Waals surface area contributed by atoms with Crippen LogP contribution in [0.2, 0.25) is 0 Å². The number of hydrogen-bond donors (Lipinski definition) is 0. The molecule has 0 atom stereocenters. The normalized spacial score (nSPS) is 15.6. The lowest BCUT2D eigenvalue weighted by Gasteiger charge is -2.32. The summed E-state index contributed by atoms with van der Waals surface area (Å²) in [5.41, 5.74) is 1.91. The number of para-hydroxylation sites is 1. The Morgan fingerprint density at radius 2 is 1.73 bits per heavy atom. The number of thiophene rings is 1. The van der Waals surface area contributed by atoms with Crippen LogP contribution in [0.4, 0.5) is 5.13 Å². The zero-order valence-corrected chi connectivity index (χ0v) is 20.3. The first kappa shape index (κ1) is 22.2. The molecule has 4 aromatic rings. The van der Waals surface area contributed by atoms with Gasteiger partial charge in [0.25, 0.3) is 10.0 Å². The first-order valence-electron chi connectivity index (χ1n) is 10.8. The molecule has 6 nitrogen and oxygen atoms in total. The predicted molar refractivity (Wildman–Crippen MR) is 133 cm³/mol. The van der Waals surface area contributed by atoms with Crippen LogP contribution in [0, 0.1) is 5.92 Å². The van der Waals surface area contributed by atoms with Crippen LogP contribution in [0.1, 0.15) is 18.4 Å². The molecule has 1 saturated heterocycles. The van der Waals surface area contributed by atoms with Gasteiger partial charge in [-0.2, -0.15) is 4.31 Å². The van der Waals surface area contributed by atoms with Gasteiger partial charge in [-0.15, -0.1) is 11.3 Å². The van der Waals surface area contributed by atoms with Crippen molar-refractivity contribution in [1.29, 1.82) is 0 Å². The van der Waals surface area contributed by atoms with Gasteiger partial charge in [0.15, 0.2) is 5.13 Å². The maximum absolute atomic E-state index is 13.7. The number of fused-ring (bicyclic) bond motifs is 1. The Hall–Kier alpha value is -2.59. The molecule has 0 radical (unpaired) electrons.